The van der Waals surface area contributed by atoms with Gasteiger partial charge in [-0.2, -0.15) is 0 Å². The number of carbonyl (C=O) groups is 1. The molecule has 0 bridgehead atoms. The molecule has 1 aromatic heterocycles. The number of hydrazine groups is 1. The van der Waals surface area contributed by atoms with Crippen molar-refractivity contribution in [2.75, 3.05) is 49.2 Å². The van der Waals surface area contributed by atoms with Gasteiger partial charge in [0.2, 0.25) is 11.8 Å². The summed E-state index contributed by atoms with van der Waals surface area (Å²) in [5.74, 6) is 7.14. The van der Waals surface area contributed by atoms with Gasteiger partial charge in [-0.3, -0.25) is 14.7 Å². The third-order valence-corrected chi connectivity index (χ3v) is 5.96. The lowest BCUT2D eigenvalue weighted by Crippen LogP contribution is -2.64. The summed E-state index contributed by atoms with van der Waals surface area (Å²) in [5, 5.41) is 4.19. The number of ether oxygens (including phenoxy) is 1. The predicted molar refractivity (Wildman–Crippen MR) is 123 cm³/mol. The van der Waals surface area contributed by atoms with Gasteiger partial charge >= 0.3 is 0 Å². The summed E-state index contributed by atoms with van der Waals surface area (Å²) in [6, 6.07) is 5.42. The van der Waals surface area contributed by atoms with Crippen LogP contribution in [0.2, 0.25) is 0 Å². The van der Waals surface area contributed by atoms with Crippen LogP contribution in [0.15, 0.2) is 48.1 Å². The largest absolute Gasteiger partial charge is 0.470 e. The Bertz CT molecular complexity index is 1030. The Morgan fingerprint density at radius 3 is 2.65 bits per heavy atom. The van der Waals surface area contributed by atoms with Crippen molar-refractivity contribution in [3.8, 4) is 5.88 Å². The van der Waals surface area contributed by atoms with Gasteiger partial charge in [0.1, 0.15) is 18.5 Å². The Balaban J connectivity index is 1.37. The van der Waals surface area contributed by atoms with Crippen molar-refractivity contribution in [3.05, 3.63) is 53.6 Å². The van der Waals surface area contributed by atoms with E-state index >= 15 is 0 Å². The van der Waals surface area contributed by atoms with Gasteiger partial charge in [0.05, 0.1) is 23.8 Å². The molecule has 0 radical (unpaired) electrons. The summed E-state index contributed by atoms with van der Waals surface area (Å²) in [7, 11) is 0. The van der Waals surface area contributed by atoms with E-state index in [1.54, 1.807) is 13.1 Å². The third-order valence-electron chi connectivity index (χ3n) is 5.96. The summed E-state index contributed by atoms with van der Waals surface area (Å²) in [5.41, 5.74) is 7.24. The lowest BCUT2D eigenvalue weighted by molar-refractivity contribution is -0.129. The van der Waals surface area contributed by atoms with E-state index in [9.17, 15) is 13.6 Å². The van der Waals surface area contributed by atoms with Crippen LogP contribution in [0.5, 0.6) is 5.88 Å². The maximum Gasteiger partial charge on any atom is 0.263 e. The van der Waals surface area contributed by atoms with Crippen LogP contribution in [0.4, 0.5) is 20.3 Å². The van der Waals surface area contributed by atoms with Gasteiger partial charge in [-0.05, 0) is 19.1 Å². The number of nitrogens with zero attached hydrogens (tertiary/aromatic N) is 5. The lowest BCUT2D eigenvalue weighted by Gasteiger charge is -2.43. The van der Waals surface area contributed by atoms with Gasteiger partial charge in [-0.25, -0.2) is 24.6 Å². The molecule has 3 heterocycles. The van der Waals surface area contributed by atoms with Gasteiger partial charge in [-0.15, -0.1) is 0 Å². The number of halogens is 2. The summed E-state index contributed by atoms with van der Waals surface area (Å²) in [6.45, 7) is 5.30. The highest BCUT2D eigenvalue weighted by Gasteiger charge is 2.35. The molecular formula is C22H28F2N8O2. The van der Waals surface area contributed by atoms with Gasteiger partial charge < -0.3 is 20.7 Å². The zero-order valence-corrected chi connectivity index (χ0v) is 18.8. The van der Waals surface area contributed by atoms with E-state index in [4.69, 9.17) is 16.3 Å². The minimum atomic E-state index is -2.56. The number of carbonyl (C=O) groups excluding carboxylic acids is 1. The summed E-state index contributed by atoms with van der Waals surface area (Å²) >= 11 is 0. The average Bonchev–Trinajstić information content (AvgIpc) is 2.84. The topological polar surface area (TPSA) is 126 Å². The van der Waals surface area contributed by atoms with E-state index in [0.29, 0.717) is 36.0 Å². The van der Waals surface area contributed by atoms with Gasteiger partial charge in [-0.1, -0.05) is 12.1 Å². The Kier molecular flexibility index (Phi) is 7.08. The van der Waals surface area contributed by atoms with E-state index in [1.165, 1.54) is 35.5 Å². The van der Waals surface area contributed by atoms with Crippen LogP contribution in [0, 0.1) is 0 Å². The van der Waals surface area contributed by atoms with Crippen LogP contribution in [0.3, 0.4) is 0 Å². The first kappa shape index (κ1) is 23.6. The Morgan fingerprint density at radius 1 is 1.24 bits per heavy atom. The quantitative estimate of drug-likeness (QED) is 0.398. The van der Waals surface area contributed by atoms with Crippen molar-refractivity contribution in [1.82, 2.24) is 20.2 Å². The first-order valence-corrected chi connectivity index (χ1v) is 10.9. The van der Waals surface area contributed by atoms with Crippen molar-refractivity contribution in [3.63, 3.8) is 0 Å². The number of nitrogens with two attached hydrogens (primary N) is 2. The van der Waals surface area contributed by atoms with Gasteiger partial charge in [0.25, 0.3) is 6.43 Å². The molecule has 34 heavy (non-hydrogen) atoms. The fourth-order valence-corrected chi connectivity index (χ4v) is 3.98. The molecule has 1 amide bonds. The van der Waals surface area contributed by atoms with E-state index in [1.807, 2.05) is 4.90 Å². The van der Waals surface area contributed by atoms with E-state index in [0.717, 1.165) is 19.6 Å². The smallest absolute Gasteiger partial charge is 0.263 e. The maximum atomic E-state index is 12.8. The molecule has 1 aromatic carbocycles. The fraction of sp³-hybridized carbons (Fsp3) is 0.409. The molecule has 2 aliphatic rings. The maximum absolute atomic E-state index is 12.8. The average molecular weight is 475 g/mol. The number of hydrogen-bond acceptors (Lipinski definition) is 9. The van der Waals surface area contributed by atoms with Crippen LogP contribution >= 0.6 is 0 Å². The minimum Gasteiger partial charge on any atom is -0.470 e. The molecule has 0 saturated carbocycles. The summed E-state index contributed by atoms with van der Waals surface area (Å²) < 4.78 is 31.3. The lowest BCUT2D eigenvalue weighted by atomic mass is 10.1. The highest BCUT2D eigenvalue weighted by Crippen LogP contribution is 2.24. The number of allylic oxidation sites excluding steroid dienone is 1. The third kappa shape index (κ3) is 5.18. The first-order valence-electron chi connectivity index (χ1n) is 10.9. The fourth-order valence-electron chi connectivity index (χ4n) is 3.98. The van der Waals surface area contributed by atoms with Crippen molar-refractivity contribution in [2.24, 2.45) is 11.6 Å². The molecule has 1 atom stereocenters. The Hall–Kier alpha value is -3.51. The number of alkyl halides is 2. The molecule has 1 unspecified atom stereocenters. The second-order valence-electron chi connectivity index (χ2n) is 8.18. The number of rotatable bonds is 7. The molecule has 0 aliphatic carbocycles. The molecule has 10 nitrogen and oxygen atoms in total. The van der Waals surface area contributed by atoms with Crippen LogP contribution < -0.4 is 31.5 Å². The Morgan fingerprint density at radius 2 is 2.00 bits per heavy atom. The van der Waals surface area contributed by atoms with E-state index in [-0.39, 0.29) is 30.0 Å². The number of fused-ring (bicyclic) bond motifs is 1. The first-order chi connectivity index (χ1) is 16.3. The van der Waals surface area contributed by atoms with E-state index < -0.39 is 6.43 Å². The van der Waals surface area contributed by atoms with Crippen molar-refractivity contribution in [1.29, 1.82) is 0 Å². The number of nitrogens with one attached hydrogen (secondary N) is 1. The molecule has 182 valence electrons. The molecule has 2 saturated heterocycles. The number of anilines is 2. The molecular weight excluding hydrogens is 446 g/mol. The standard InChI is InChI=1S/C22H28F2N8O2/c1-14(25)18(32(26)16-4-2-15(3-5-16)21(23)24)13-34-20-11-28-19(10-29-20)31-9-8-30-7-6-27-22(33)17(30)12-31/h2-5,10-11,17,21H,6-9,12-13,25-26H2,1H3,(H,27,33)/b18-14-. The molecule has 4 rings (SSSR count). The normalized spacial score (nSPS) is 19.4. The minimum absolute atomic E-state index is 0.00434. The zero-order chi connectivity index (χ0) is 24.2. The van der Waals surface area contributed by atoms with Crippen molar-refractivity contribution >= 4 is 17.4 Å². The second kappa shape index (κ2) is 10.2. The van der Waals surface area contributed by atoms with Gasteiger partial charge in [0.15, 0.2) is 0 Å². The molecule has 2 aromatic rings. The number of benzene rings is 1. The molecule has 2 fully saturated rings. The highest BCUT2D eigenvalue weighted by molar-refractivity contribution is 5.83. The monoisotopic (exact) mass is 474 g/mol. The molecule has 0 spiro atoms. The molecule has 2 aliphatic heterocycles. The van der Waals surface area contributed by atoms with Crippen LogP contribution in [0.25, 0.3) is 0 Å². The summed E-state index contributed by atoms with van der Waals surface area (Å²) in [4.78, 5) is 25.2. The number of piperazine rings is 2. The Labute approximate surface area is 196 Å². The number of aromatic nitrogens is 2. The summed E-state index contributed by atoms with van der Waals surface area (Å²) in [6.07, 6.45) is 0.554. The highest BCUT2D eigenvalue weighted by atomic mass is 19.3. The van der Waals surface area contributed by atoms with Crippen LogP contribution in [0.1, 0.15) is 18.9 Å². The zero-order valence-electron chi connectivity index (χ0n) is 18.8. The van der Waals surface area contributed by atoms with Crippen molar-refractivity contribution in [2.45, 2.75) is 19.4 Å². The van der Waals surface area contributed by atoms with Crippen LogP contribution in [-0.4, -0.2) is 66.1 Å². The number of hydrogen-bond donors (Lipinski definition) is 3. The number of amides is 1. The molecule has 5 N–H and O–H groups in total. The predicted octanol–water partition coefficient (Wildman–Crippen LogP) is 0.984. The van der Waals surface area contributed by atoms with Gasteiger partial charge in [0, 0.05) is 44.0 Å². The van der Waals surface area contributed by atoms with Crippen LogP contribution in [-0.2, 0) is 4.79 Å². The van der Waals surface area contributed by atoms with E-state index in [2.05, 4.69) is 20.2 Å². The second-order valence-corrected chi connectivity index (χ2v) is 8.18. The molecule has 12 heteroatoms. The van der Waals surface area contributed by atoms with Crippen molar-refractivity contribution < 1.29 is 18.3 Å². The SMILES string of the molecule is C/C(N)=C(\COc1cnc(N2CCN3CCNC(=O)C3C2)cn1)N(N)c1ccc(C(F)F)cc1.